The summed E-state index contributed by atoms with van der Waals surface area (Å²) in [5.74, 6) is 0.192. The molecule has 0 radical (unpaired) electrons. The van der Waals surface area contributed by atoms with Crippen molar-refractivity contribution < 1.29 is 61.1 Å². The van der Waals surface area contributed by atoms with E-state index < -0.39 is 31.8 Å². The first kappa shape index (κ1) is 48.5. The Hall–Kier alpha value is -6.97. The number of carbonyl (C=O) groups excluding carboxylic acids is 2. The highest BCUT2D eigenvalue weighted by Gasteiger charge is 2.41. The molecular weight excluding hydrogens is 865 g/mol. The molecule has 1 unspecified atom stereocenters. The minimum atomic E-state index is -2.68. The highest BCUT2D eigenvalue weighted by molar-refractivity contribution is 6.73. The van der Waals surface area contributed by atoms with Crippen molar-refractivity contribution in [2.45, 2.75) is 58.2 Å². The summed E-state index contributed by atoms with van der Waals surface area (Å²) >= 11 is 0. The lowest BCUT2D eigenvalue weighted by Gasteiger charge is -2.34. The predicted octanol–water partition coefficient (Wildman–Crippen LogP) is 10.3. The van der Waals surface area contributed by atoms with Crippen LogP contribution in [-0.4, -0.2) is 69.8 Å². The molecule has 1 atom stereocenters. The molecule has 0 fully saturated rings. The van der Waals surface area contributed by atoms with Crippen molar-refractivity contribution in [3.8, 4) is 46.0 Å². The first-order chi connectivity index (χ1) is 32.0. The fourth-order valence-electron chi connectivity index (χ4n) is 8.06. The highest BCUT2D eigenvalue weighted by Crippen LogP contribution is 2.57. The lowest BCUT2D eigenvalue weighted by atomic mass is 9.94. The van der Waals surface area contributed by atoms with Crippen LogP contribution in [0.25, 0.3) is 27.6 Å². The number of ether oxygens (including phenoxy) is 9. The Morgan fingerprint density at radius 1 is 0.606 bits per heavy atom. The van der Waals surface area contributed by atoms with E-state index in [0.29, 0.717) is 51.7 Å². The van der Waals surface area contributed by atoms with E-state index in [1.54, 1.807) is 18.2 Å². The molecule has 0 amide bonds. The van der Waals surface area contributed by atoms with Crippen LogP contribution in [-0.2, 0) is 27.2 Å². The third kappa shape index (κ3) is 9.67. The molecule has 0 spiro atoms. The molecule has 0 saturated heterocycles. The molecule has 0 saturated carbocycles. The number of benzene rings is 5. The lowest BCUT2D eigenvalue weighted by Crippen LogP contribution is -2.39. The minimum Gasteiger partial charge on any atom is -0.496 e. The normalized spacial score (nSPS) is 11.9. The molecule has 1 heterocycles. The highest BCUT2D eigenvalue weighted by atomic mass is 28.4. The van der Waals surface area contributed by atoms with Crippen LogP contribution in [0.15, 0.2) is 94.2 Å². The van der Waals surface area contributed by atoms with Crippen molar-refractivity contribution in [3.63, 3.8) is 0 Å². The smallest absolute Gasteiger partial charge is 0.374 e. The number of methoxy groups -OCH3 is 7. The Balaban J connectivity index is 1.66. The number of rotatable bonds is 22. The van der Waals surface area contributed by atoms with Crippen molar-refractivity contribution in [2.75, 3.05) is 49.8 Å². The van der Waals surface area contributed by atoms with E-state index in [4.69, 9.17) is 51.5 Å². The second-order valence-corrected chi connectivity index (χ2v) is 19.8. The second-order valence-electron chi connectivity index (χ2n) is 15.1. The third-order valence-electron chi connectivity index (χ3n) is 11.7. The predicted molar refractivity (Wildman–Crippen MR) is 254 cm³/mol. The standard InChI is InChI=1S/C51H56O14Si/c1-11-66(12-2,13-3)65-44(42-46(58-7)40-36(55-4)28-37(56-5)45(57-6)41(40)48(60-9)49(42)63-30-32-22-18-15-19-23-32)35(52)25-24-33-26-34-27-38(50(53)61-10)64-51(54)39(34)47(59-8)43(33)62-29-31-20-16-14-17-21-31/h14-28,44H,11-13,29-30H2,1-10H3/b25-24+. The van der Waals surface area contributed by atoms with Gasteiger partial charge in [-0.15, -0.1) is 0 Å². The zero-order valence-electron chi connectivity index (χ0n) is 39.0. The van der Waals surface area contributed by atoms with Gasteiger partial charge in [-0.25, -0.2) is 9.59 Å². The number of ketones is 1. The maximum absolute atomic E-state index is 15.5. The van der Waals surface area contributed by atoms with Crippen LogP contribution in [0, 0.1) is 0 Å². The first-order valence-electron chi connectivity index (χ1n) is 21.4. The zero-order valence-corrected chi connectivity index (χ0v) is 40.0. The summed E-state index contributed by atoms with van der Waals surface area (Å²) in [6, 6.07) is 25.7. The maximum atomic E-state index is 15.5. The fourth-order valence-corrected chi connectivity index (χ4v) is 10.8. The van der Waals surface area contributed by atoms with E-state index in [9.17, 15) is 9.59 Å². The van der Waals surface area contributed by atoms with E-state index in [0.717, 1.165) is 11.1 Å². The van der Waals surface area contributed by atoms with E-state index in [2.05, 4.69) is 20.8 Å². The molecule has 66 heavy (non-hydrogen) atoms. The van der Waals surface area contributed by atoms with Crippen molar-refractivity contribution in [2.24, 2.45) is 0 Å². The van der Waals surface area contributed by atoms with Gasteiger partial charge in [0.2, 0.25) is 5.76 Å². The molecule has 348 valence electrons. The summed E-state index contributed by atoms with van der Waals surface area (Å²) in [6.07, 6.45) is 1.61. The van der Waals surface area contributed by atoms with Gasteiger partial charge in [-0.1, -0.05) is 81.4 Å². The molecule has 0 aliphatic carbocycles. The monoisotopic (exact) mass is 920 g/mol. The summed E-state index contributed by atoms with van der Waals surface area (Å²) in [7, 11) is 7.44. The van der Waals surface area contributed by atoms with Gasteiger partial charge in [-0.05, 0) is 58.9 Å². The number of esters is 1. The van der Waals surface area contributed by atoms with Crippen molar-refractivity contribution in [1.82, 2.24) is 0 Å². The Morgan fingerprint density at radius 2 is 1.15 bits per heavy atom. The Labute approximate surface area is 385 Å². The molecule has 0 aliphatic rings. The molecule has 0 aliphatic heterocycles. The van der Waals surface area contributed by atoms with Crippen LogP contribution in [0.5, 0.6) is 46.0 Å². The number of fused-ring (bicyclic) bond motifs is 2. The average molecular weight is 921 g/mol. The Bertz CT molecular complexity index is 2750. The number of hydrogen-bond acceptors (Lipinski definition) is 14. The van der Waals surface area contributed by atoms with E-state index in [1.165, 1.54) is 61.9 Å². The van der Waals surface area contributed by atoms with Crippen LogP contribution in [0.4, 0.5) is 0 Å². The van der Waals surface area contributed by atoms with E-state index in [-0.39, 0.29) is 64.1 Å². The zero-order chi connectivity index (χ0) is 47.5. The molecular formula is C51H56O14Si. The Morgan fingerprint density at radius 3 is 1.67 bits per heavy atom. The molecule has 14 nitrogen and oxygen atoms in total. The SMILES string of the molecule is CC[Si](CC)(CC)OC(C(=O)/C=C/c1cc2cc(C(=O)OC)oc(=O)c2c(OC)c1OCc1ccccc1)c1c(OCc2ccccc2)c(OC)c2c(OC)c(OC)cc(OC)c2c1OC. The van der Waals surface area contributed by atoms with Crippen LogP contribution in [0.2, 0.25) is 18.1 Å². The number of carbonyl (C=O) groups is 2. The first-order valence-corrected chi connectivity index (χ1v) is 23.9. The van der Waals surface area contributed by atoms with Crippen LogP contribution >= 0.6 is 0 Å². The molecule has 5 aromatic carbocycles. The fraction of sp³-hybridized carbons (Fsp3) is 0.314. The van der Waals surface area contributed by atoms with Crippen LogP contribution in [0.1, 0.15) is 59.7 Å². The molecule has 6 rings (SSSR count). The summed E-state index contributed by atoms with van der Waals surface area (Å²) in [5, 5.41) is 1.15. The van der Waals surface area contributed by atoms with Gasteiger partial charge in [0.1, 0.15) is 36.2 Å². The Kier molecular flexibility index (Phi) is 16.0. The van der Waals surface area contributed by atoms with Gasteiger partial charge < -0.3 is 51.5 Å². The molecule has 1 aromatic heterocycles. The summed E-state index contributed by atoms with van der Waals surface area (Å²) in [5.41, 5.74) is 1.44. The van der Waals surface area contributed by atoms with Gasteiger partial charge in [-0.3, -0.25) is 4.79 Å². The van der Waals surface area contributed by atoms with Crippen LogP contribution in [0.3, 0.4) is 0 Å². The molecule has 0 N–H and O–H groups in total. The lowest BCUT2D eigenvalue weighted by molar-refractivity contribution is -0.121. The van der Waals surface area contributed by atoms with Gasteiger partial charge in [0.25, 0.3) is 0 Å². The largest absolute Gasteiger partial charge is 0.496 e. The topological polar surface area (TPSA) is 157 Å². The van der Waals surface area contributed by atoms with E-state index in [1.807, 2.05) is 60.7 Å². The van der Waals surface area contributed by atoms with E-state index >= 15 is 4.79 Å². The second kappa shape index (κ2) is 21.8. The molecule has 6 aromatic rings. The quantitative estimate of drug-likeness (QED) is 0.0360. The molecule has 0 bridgehead atoms. The van der Waals surface area contributed by atoms with Crippen molar-refractivity contribution in [1.29, 1.82) is 0 Å². The number of hydrogen-bond donors (Lipinski definition) is 0. The summed E-state index contributed by atoms with van der Waals surface area (Å²) < 4.78 is 66.8. The van der Waals surface area contributed by atoms with Crippen LogP contribution < -0.4 is 43.5 Å². The maximum Gasteiger partial charge on any atom is 0.374 e. The minimum absolute atomic E-state index is 0.0247. The van der Waals surface area contributed by atoms with Crippen molar-refractivity contribution >= 4 is 47.7 Å². The molecule has 15 heteroatoms. The van der Waals surface area contributed by atoms with Gasteiger partial charge in [0.15, 0.2) is 48.6 Å². The van der Waals surface area contributed by atoms with Gasteiger partial charge in [0.05, 0.1) is 66.1 Å². The summed E-state index contributed by atoms with van der Waals surface area (Å²) in [6.45, 7) is 6.37. The van der Waals surface area contributed by atoms with Gasteiger partial charge in [0, 0.05) is 11.6 Å². The third-order valence-corrected chi connectivity index (χ3v) is 16.3. The van der Waals surface area contributed by atoms with Crippen molar-refractivity contribution in [3.05, 3.63) is 123 Å². The van der Waals surface area contributed by atoms with Gasteiger partial charge >= 0.3 is 11.6 Å². The average Bonchev–Trinajstić information content (AvgIpc) is 3.36. The van der Waals surface area contributed by atoms with Gasteiger partial charge in [-0.2, -0.15) is 0 Å². The summed E-state index contributed by atoms with van der Waals surface area (Å²) in [4.78, 5) is 41.6.